The number of aromatic nitrogens is 4. The summed E-state index contributed by atoms with van der Waals surface area (Å²) in [6.07, 6.45) is 1.81. The Morgan fingerprint density at radius 3 is 2.50 bits per heavy atom. The van der Waals surface area contributed by atoms with Crippen molar-refractivity contribution in [1.29, 1.82) is 0 Å². The number of aromatic amines is 1. The highest BCUT2D eigenvalue weighted by atomic mass is 19.1. The molecule has 0 atom stereocenters. The van der Waals surface area contributed by atoms with Crippen LogP contribution in [-0.4, -0.2) is 20.2 Å². The van der Waals surface area contributed by atoms with Crippen molar-refractivity contribution in [3.8, 4) is 11.3 Å². The van der Waals surface area contributed by atoms with Crippen LogP contribution in [0.2, 0.25) is 0 Å². The van der Waals surface area contributed by atoms with E-state index in [4.69, 9.17) is 0 Å². The van der Waals surface area contributed by atoms with Gasteiger partial charge in [-0.05, 0) is 24.3 Å². The van der Waals surface area contributed by atoms with Crippen molar-refractivity contribution in [2.75, 3.05) is 5.32 Å². The van der Waals surface area contributed by atoms with Crippen LogP contribution in [0, 0.1) is 5.82 Å². The lowest BCUT2D eigenvalue weighted by Gasteiger charge is -2.14. The van der Waals surface area contributed by atoms with E-state index in [9.17, 15) is 4.39 Å². The zero-order valence-corrected chi connectivity index (χ0v) is 14.0. The van der Waals surface area contributed by atoms with Gasteiger partial charge in [0.15, 0.2) is 0 Å². The summed E-state index contributed by atoms with van der Waals surface area (Å²) in [4.78, 5) is 7.69. The highest BCUT2D eigenvalue weighted by molar-refractivity contribution is 5.60. The molecule has 0 radical (unpaired) electrons. The summed E-state index contributed by atoms with van der Waals surface area (Å²) < 4.78 is 13.7. The third-order valence-electron chi connectivity index (χ3n) is 3.61. The normalized spacial score (nSPS) is 11.5. The predicted octanol–water partition coefficient (Wildman–Crippen LogP) is 3.92. The first kappa shape index (κ1) is 16.1. The SMILES string of the molecule is CC(C)(C)c1ncc(CNc2ccc(-c3ccccc3F)nn2)[nH]1. The number of imidazole rings is 1. The number of hydrogen-bond acceptors (Lipinski definition) is 4. The first-order chi connectivity index (χ1) is 11.4. The fraction of sp³-hybridized carbons (Fsp3) is 0.278. The van der Waals surface area contributed by atoms with Gasteiger partial charge in [0.2, 0.25) is 0 Å². The summed E-state index contributed by atoms with van der Waals surface area (Å²) in [6, 6.07) is 10.1. The Labute approximate surface area is 140 Å². The van der Waals surface area contributed by atoms with Crippen LogP contribution in [-0.2, 0) is 12.0 Å². The van der Waals surface area contributed by atoms with Crippen molar-refractivity contribution in [2.45, 2.75) is 32.7 Å². The van der Waals surface area contributed by atoms with Gasteiger partial charge in [-0.2, -0.15) is 0 Å². The van der Waals surface area contributed by atoms with Crippen molar-refractivity contribution < 1.29 is 4.39 Å². The van der Waals surface area contributed by atoms with Crippen LogP contribution in [0.15, 0.2) is 42.6 Å². The largest absolute Gasteiger partial charge is 0.363 e. The van der Waals surface area contributed by atoms with Crippen molar-refractivity contribution in [1.82, 2.24) is 20.2 Å². The minimum atomic E-state index is -0.306. The van der Waals surface area contributed by atoms with E-state index in [1.807, 2.05) is 6.20 Å². The highest BCUT2D eigenvalue weighted by Gasteiger charge is 2.17. The number of rotatable bonds is 4. The van der Waals surface area contributed by atoms with Gasteiger partial charge in [-0.25, -0.2) is 9.37 Å². The molecule has 0 bridgehead atoms. The topological polar surface area (TPSA) is 66.5 Å². The molecule has 0 fully saturated rings. The van der Waals surface area contributed by atoms with Crippen LogP contribution in [0.3, 0.4) is 0 Å². The maximum absolute atomic E-state index is 13.7. The molecule has 0 aliphatic carbocycles. The Bertz CT molecular complexity index is 818. The lowest BCUT2D eigenvalue weighted by Crippen LogP contribution is -2.13. The van der Waals surface area contributed by atoms with Crippen LogP contribution in [0.25, 0.3) is 11.3 Å². The minimum absolute atomic E-state index is 0.0144. The molecule has 0 saturated carbocycles. The van der Waals surface area contributed by atoms with Crippen LogP contribution in [0.1, 0.15) is 32.3 Å². The average Bonchev–Trinajstić information content (AvgIpc) is 3.03. The number of H-pyrrole nitrogens is 1. The number of benzene rings is 1. The zero-order chi connectivity index (χ0) is 17.2. The van der Waals surface area contributed by atoms with E-state index in [1.165, 1.54) is 6.07 Å². The maximum Gasteiger partial charge on any atom is 0.149 e. The van der Waals surface area contributed by atoms with Gasteiger partial charge >= 0.3 is 0 Å². The molecule has 0 saturated heterocycles. The molecular weight excluding hydrogens is 305 g/mol. The number of nitrogens with one attached hydrogen (secondary N) is 2. The molecule has 3 aromatic rings. The summed E-state index contributed by atoms with van der Waals surface area (Å²) in [5.41, 5.74) is 1.91. The molecule has 3 rings (SSSR count). The van der Waals surface area contributed by atoms with Gasteiger partial charge in [0.25, 0.3) is 0 Å². The van der Waals surface area contributed by atoms with E-state index in [1.54, 1.807) is 30.3 Å². The number of hydrogen-bond donors (Lipinski definition) is 2. The second kappa shape index (κ2) is 6.39. The molecule has 2 heterocycles. The first-order valence-corrected chi connectivity index (χ1v) is 7.80. The third kappa shape index (κ3) is 3.59. The van der Waals surface area contributed by atoms with Gasteiger partial charge in [0, 0.05) is 11.0 Å². The molecule has 0 spiro atoms. The quantitative estimate of drug-likeness (QED) is 0.763. The molecule has 2 N–H and O–H groups in total. The standard InChI is InChI=1S/C18H20FN5/c1-18(2,3)17-21-11-12(22-17)10-20-16-9-8-15(23-24-16)13-6-4-5-7-14(13)19/h4-9,11H,10H2,1-3H3,(H,20,24)(H,21,22). The van der Waals surface area contributed by atoms with E-state index >= 15 is 0 Å². The summed E-state index contributed by atoms with van der Waals surface area (Å²) >= 11 is 0. The fourth-order valence-electron chi connectivity index (χ4n) is 2.26. The summed E-state index contributed by atoms with van der Waals surface area (Å²) in [5, 5.41) is 11.4. The van der Waals surface area contributed by atoms with Gasteiger partial charge in [0.1, 0.15) is 17.5 Å². The van der Waals surface area contributed by atoms with Crippen molar-refractivity contribution in [3.63, 3.8) is 0 Å². The second-order valence-electron chi connectivity index (χ2n) is 6.64. The van der Waals surface area contributed by atoms with Crippen molar-refractivity contribution >= 4 is 5.82 Å². The number of halogens is 1. The van der Waals surface area contributed by atoms with Crippen LogP contribution < -0.4 is 5.32 Å². The average molecular weight is 325 g/mol. The first-order valence-electron chi connectivity index (χ1n) is 7.80. The van der Waals surface area contributed by atoms with Crippen molar-refractivity contribution in [2.24, 2.45) is 0 Å². The highest BCUT2D eigenvalue weighted by Crippen LogP contribution is 2.21. The van der Waals surface area contributed by atoms with Crippen LogP contribution in [0.5, 0.6) is 0 Å². The molecule has 0 aliphatic heterocycles. The maximum atomic E-state index is 13.7. The van der Waals surface area contributed by atoms with Gasteiger partial charge < -0.3 is 10.3 Å². The Morgan fingerprint density at radius 2 is 1.88 bits per heavy atom. The predicted molar refractivity (Wildman–Crippen MR) is 92.0 cm³/mol. The van der Waals surface area contributed by atoms with Gasteiger partial charge in [-0.1, -0.05) is 32.9 Å². The summed E-state index contributed by atoms with van der Waals surface area (Å²) in [5.74, 6) is 1.27. The zero-order valence-electron chi connectivity index (χ0n) is 14.0. The Hall–Kier alpha value is -2.76. The molecule has 124 valence electrons. The lowest BCUT2D eigenvalue weighted by molar-refractivity contribution is 0.551. The third-order valence-corrected chi connectivity index (χ3v) is 3.61. The second-order valence-corrected chi connectivity index (χ2v) is 6.64. The summed E-state index contributed by atoms with van der Waals surface area (Å²) in [7, 11) is 0. The molecule has 2 aromatic heterocycles. The molecule has 5 nitrogen and oxygen atoms in total. The number of anilines is 1. The molecule has 0 aliphatic rings. The molecule has 0 amide bonds. The molecule has 0 unspecified atom stereocenters. The molecule has 24 heavy (non-hydrogen) atoms. The molecule has 6 heteroatoms. The van der Waals surface area contributed by atoms with E-state index < -0.39 is 0 Å². The van der Waals surface area contributed by atoms with E-state index in [0.717, 1.165) is 11.5 Å². The minimum Gasteiger partial charge on any atom is -0.363 e. The molecular formula is C18H20FN5. The fourth-order valence-corrected chi connectivity index (χ4v) is 2.26. The van der Waals surface area contributed by atoms with Crippen LogP contribution in [0.4, 0.5) is 10.2 Å². The van der Waals surface area contributed by atoms with Crippen LogP contribution >= 0.6 is 0 Å². The van der Waals surface area contributed by atoms with Gasteiger partial charge in [0.05, 0.1) is 24.1 Å². The molecule has 1 aromatic carbocycles. The monoisotopic (exact) mass is 325 g/mol. The van der Waals surface area contributed by atoms with Crippen molar-refractivity contribution in [3.05, 3.63) is 59.9 Å². The van der Waals surface area contributed by atoms with Gasteiger partial charge in [-0.3, -0.25) is 0 Å². The Morgan fingerprint density at radius 1 is 1.08 bits per heavy atom. The Balaban J connectivity index is 1.67. The van der Waals surface area contributed by atoms with E-state index in [-0.39, 0.29) is 11.2 Å². The van der Waals surface area contributed by atoms with E-state index in [2.05, 4.69) is 46.3 Å². The van der Waals surface area contributed by atoms with Gasteiger partial charge in [-0.15, -0.1) is 10.2 Å². The summed E-state index contributed by atoms with van der Waals surface area (Å²) in [6.45, 7) is 6.89. The van der Waals surface area contributed by atoms with E-state index in [0.29, 0.717) is 23.6 Å². The smallest absolute Gasteiger partial charge is 0.149 e. The Kier molecular flexibility index (Phi) is 4.29. The number of nitrogens with zero attached hydrogens (tertiary/aromatic N) is 3. The lowest BCUT2D eigenvalue weighted by atomic mass is 9.96.